The third-order valence-electron chi connectivity index (χ3n) is 3.80. The molecule has 0 aromatic heterocycles. The van der Waals surface area contributed by atoms with Crippen molar-refractivity contribution in [3.05, 3.63) is 83.9 Å². The van der Waals surface area contributed by atoms with Gasteiger partial charge in [0.1, 0.15) is 0 Å². The smallest absolute Gasteiger partial charge is 0.251 e. The van der Waals surface area contributed by atoms with Gasteiger partial charge >= 0.3 is 0 Å². The van der Waals surface area contributed by atoms with E-state index in [9.17, 15) is 4.79 Å². The number of hydrogen-bond acceptors (Lipinski definition) is 1. The second-order valence-corrected chi connectivity index (χ2v) is 5.37. The molecular formula is C20H19NO. The zero-order valence-corrected chi connectivity index (χ0v) is 12.5. The van der Waals surface area contributed by atoms with Gasteiger partial charge in [0.05, 0.1) is 0 Å². The summed E-state index contributed by atoms with van der Waals surface area (Å²) >= 11 is 0. The van der Waals surface area contributed by atoms with E-state index >= 15 is 0 Å². The van der Waals surface area contributed by atoms with Crippen LogP contribution in [0.1, 0.15) is 22.3 Å². The van der Waals surface area contributed by atoms with Crippen LogP contribution in [0.5, 0.6) is 0 Å². The van der Waals surface area contributed by atoms with E-state index in [0.717, 1.165) is 29.2 Å². The number of hydrogen-bond donors (Lipinski definition) is 1. The van der Waals surface area contributed by atoms with Gasteiger partial charge in [0.2, 0.25) is 0 Å². The molecular weight excluding hydrogens is 270 g/mol. The fourth-order valence-electron chi connectivity index (χ4n) is 2.66. The minimum absolute atomic E-state index is 0.00450. The topological polar surface area (TPSA) is 29.1 Å². The first-order chi connectivity index (χ1) is 10.8. The fourth-order valence-corrected chi connectivity index (χ4v) is 2.66. The number of benzene rings is 3. The first kappa shape index (κ1) is 14.3. The second-order valence-electron chi connectivity index (χ2n) is 5.37. The number of amides is 1. The Bertz CT molecular complexity index is 760. The highest BCUT2D eigenvalue weighted by Crippen LogP contribution is 2.18. The zero-order chi connectivity index (χ0) is 15.2. The molecule has 0 aliphatic heterocycles. The van der Waals surface area contributed by atoms with Crippen molar-refractivity contribution in [2.24, 2.45) is 0 Å². The van der Waals surface area contributed by atoms with Gasteiger partial charge in [-0.1, -0.05) is 66.7 Å². The molecule has 0 radical (unpaired) electrons. The first-order valence-corrected chi connectivity index (χ1v) is 7.64. The molecule has 3 aromatic carbocycles. The Hall–Kier alpha value is -2.61. The Balaban J connectivity index is 1.60. The Morgan fingerprint density at radius 2 is 1.55 bits per heavy atom. The molecule has 1 amide bonds. The van der Waals surface area contributed by atoms with Crippen LogP contribution in [0.3, 0.4) is 0 Å². The van der Waals surface area contributed by atoms with Gasteiger partial charge in [-0.25, -0.2) is 0 Å². The fraction of sp³-hybridized carbons (Fsp3) is 0.150. The lowest BCUT2D eigenvalue weighted by Crippen LogP contribution is -2.24. The molecule has 0 unspecified atom stereocenters. The van der Waals surface area contributed by atoms with Gasteiger partial charge in [0, 0.05) is 12.1 Å². The van der Waals surface area contributed by atoms with Gasteiger partial charge in [-0.05, 0) is 35.2 Å². The molecule has 0 spiro atoms. The van der Waals surface area contributed by atoms with Crippen LogP contribution in [0.2, 0.25) is 0 Å². The summed E-state index contributed by atoms with van der Waals surface area (Å²) in [7, 11) is 0. The van der Waals surface area contributed by atoms with E-state index < -0.39 is 0 Å². The molecule has 0 saturated heterocycles. The van der Waals surface area contributed by atoms with Crippen LogP contribution in [-0.2, 0) is 6.42 Å². The second kappa shape index (κ2) is 6.90. The van der Waals surface area contributed by atoms with E-state index in [-0.39, 0.29) is 5.91 Å². The Morgan fingerprint density at radius 3 is 2.41 bits per heavy atom. The molecule has 1 N–H and O–H groups in total. The lowest BCUT2D eigenvalue weighted by molar-refractivity contribution is 0.0955. The molecule has 0 aliphatic rings. The molecule has 0 fully saturated rings. The lowest BCUT2D eigenvalue weighted by Gasteiger charge is -2.08. The average Bonchev–Trinajstić information content (AvgIpc) is 2.59. The lowest BCUT2D eigenvalue weighted by atomic mass is 10.0. The minimum atomic E-state index is 0.00450. The molecule has 22 heavy (non-hydrogen) atoms. The van der Waals surface area contributed by atoms with Crippen molar-refractivity contribution < 1.29 is 4.79 Å². The summed E-state index contributed by atoms with van der Waals surface area (Å²) in [5.41, 5.74) is 2.06. The maximum atomic E-state index is 12.4. The van der Waals surface area contributed by atoms with E-state index in [1.54, 1.807) is 0 Å². The molecule has 2 heteroatoms. The van der Waals surface area contributed by atoms with Crippen LogP contribution in [-0.4, -0.2) is 12.5 Å². The highest BCUT2D eigenvalue weighted by atomic mass is 16.1. The Labute approximate surface area is 130 Å². The molecule has 0 heterocycles. The number of aryl methyl sites for hydroxylation is 1. The summed E-state index contributed by atoms with van der Waals surface area (Å²) in [6.07, 6.45) is 1.93. The summed E-state index contributed by atoms with van der Waals surface area (Å²) in [5.74, 6) is 0.00450. The molecule has 2 nitrogen and oxygen atoms in total. The summed E-state index contributed by atoms with van der Waals surface area (Å²) in [4.78, 5) is 12.4. The number of carbonyl (C=O) groups is 1. The number of fused-ring (bicyclic) bond motifs is 1. The van der Waals surface area contributed by atoms with Crippen LogP contribution in [0.15, 0.2) is 72.8 Å². The number of nitrogens with one attached hydrogen (secondary N) is 1. The average molecular weight is 289 g/mol. The monoisotopic (exact) mass is 289 g/mol. The Morgan fingerprint density at radius 1 is 0.818 bits per heavy atom. The van der Waals surface area contributed by atoms with E-state index in [1.807, 2.05) is 60.7 Å². The van der Waals surface area contributed by atoms with Crippen molar-refractivity contribution in [3.63, 3.8) is 0 Å². The predicted molar refractivity (Wildman–Crippen MR) is 91.0 cm³/mol. The van der Waals surface area contributed by atoms with Crippen molar-refractivity contribution in [1.29, 1.82) is 0 Å². The van der Waals surface area contributed by atoms with Crippen molar-refractivity contribution in [3.8, 4) is 0 Å². The summed E-state index contributed by atoms with van der Waals surface area (Å²) in [6.45, 7) is 0.691. The standard InChI is InChI=1S/C20H19NO/c22-20(21-15-7-10-16-8-2-1-3-9-16)19-14-6-12-17-11-4-5-13-18(17)19/h1-6,8-9,11-14H,7,10,15H2,(H,21,22). The molecule has 0 atom stereocenters. The molecule has 0 aliphatic carbocycles. The maximum absolute atomic E-state index is 12.4. The van der Waals surface area contributed by atoms with Gasteiger partial charge < -0.3 is 5.32 Å². The van der Waals surface area contributed by atoms with Crippen molar-refractivity contribution in [2.45, 2.75) is 12.8 Å². The van der Waals surface area contributed by atoms with Crippen molar-refractivity contribution in [1.82, 2.24) is 5.32 Å². The summed E-state index contributed by atoms with van der Waals surface area (Å²) < 4.78 is 0. The molecule has 0 bridgehead atoms. The SMILES string of the molecule is O=C(NCCCc1ccccc1)c1cccc2ccccc12. The normalized spacial score (nSPS) is 10.5. The Kier molecular flexibility index (Phi) is 4.50. The van der Waals surface area contributed by atoms with Gasteiger partial charge in [-0.2, -0.15) is 0 Å². The van der Waals surface area contributed by atoms with Crippen LogP contribution >= 0.6 is 0 Å². The van der Waals surface area contributed by atoms with E-state index in [2.05, 4.69) is 17.4 Å². The van der Waals surface area contributed by atoms with Gasteiger partial charge in [0.15, 0.2) is 0 Å². The predicted octanol–water partition coefficient (Wildman–Crippen LogP) is 4.20. The van der Waals surface area contributed by atoms with Gasteiger partial charge in [0.25, 0.3) is 5.91 Å². The molecule has 110 valence electrons. The van der Waals surface area contributed by atoms with Crippen LogP contribution in [0.4, 0.5) is 0 Å². The highest BCUT2D eigenvalue weighted by molar-refractivity contribution is 6.06. The molecule has 3 rings (SSSR count). The minimum Gasteiger partial charge on any atom is -0.352 e. The summed E-state index contributed by atoms with van der Waals surface area (Å²) in [5, 5.41) is 5.12. The van der Waals surface area contributed by atoms with Gasteiger partial charge in [-0.3, -0.25) is 4.79 Å². The zero-order valence-electron chi connectivity index (χ0n) is 12.5. The number of carbonyl (C=O) groups excluding carboxylic acids is 1. The van der Waals surface area contributed by atoms with E-state index in [0.29, 0.717) is 6.54 Å². The highest BCUT2D eigenvalue weighted by Gasteiger charge is 2.08. The maximum Gasteiger partial charge on any atom is 0.251 e. The summed E-state index contributed by atoms with van der Waals surface area (Å²) in [6, 6.07) is 24.2. The number of rotatable bonds is 5. The first-order valence-electron chi connectivity index (χ1n) is 7.64. The third-order valence-corrected chi connectivity index (χ3v) is 3.80. The van der Waals surface area contributed by atoms with Crippen molar-refractivity contribution >= 4 is 16.7 Å². The molecule has 3 aromatic rings. The quantitative estimate of drug-likeness (QED) is 0.701. The van der Waals surface area contributed by atoms with Crippen LogP contribution < -0.4 is 5.32 Å². The third kappa shape index (κ3) is 3.34. The van der Waals surface area contributed by atoms with Gasteiger partial charge in [-0.15, -0.1) is 0 Å². The van der Waals surface area contributed by atoms with E-state index in [4.69, 9.17) is 0 Å². The van der Waals surface area contributed by atoms with Crippen LogP contribution in [0.25, 0.3) is 10.8 Å². The molecule has 0 saturated carbocycles. The van der Waals surface area contributed by atoms with Crippen molar-refractivity contribution in [2.75, 3.05) is 6.54 Å². The largest absolute Gasteiger partial charge is 0.352 e. The van der Waals surface area contributed by atoms with E-state index in [1.165, 1.54) is 5.56 Å². The van der Waals surface area contributed by atoms with Crippen LogP contribution in [0, 0.1) is 0 Å².